The molecule has 44 valence electrons. The molecule has 3 heteroatoms. The Morgan fingerprint density at radius 3 is 3.00 bits per heavy atom. The molecule has 1 aromatic heterocycles. The van der Waals surface area contributed by atoms with E-state index in [1.165, 1.54) is 11.3 Å². The fraction of sp³-hybridized carbons (Fsp3) is 0.167. The van der Waals surface area contributed by atoms with Gasteiger partial charge in [-0.3, -0.25) is 4.79 Å². The minimum Gasteiger partial charge on any atom is -0.294 e. The highest BCUT2D eigenvalue weighted by atomic mass is 32.1. The van der Waals surface area contributed by atoms with E-state index in [-0.39, 0.29) is 12.1 Å². The van der Waals surface area contributed by atoms with Crippen molar-refractivity contribution in [2.75, 3.05) is 0 Å². The predicted molar refractivity (Wildman–Crippen MR) is 39.2 cm³/mol. The molecule has 0 atom stereocenters. The second kappa shape index (κ2) is 2.83. The minimum absolute atomic E-state index is 0.0185. The summed E-state index contributed by atoms with van der Waals surface area (Å²) in [5, 5.41) is 1.86. The summed E-state index contributed by atoms with van der Waals surface area (Å²) in [6, 6.07) is 3.62. The molecule has 2 radical (unpaired) electrons. The van der Waals surface area contributed by atoms with Crippen LogP contribution in [0.2, 0.25) is 6.32 Å². The molecular formula is C6H5BOS. The molecule has 0 unspecified atom stereocenters. The van der Waals surface area contributed by atoms with Crippen LogP contribution >= 0.6 is 11.3 Å². The van der Waals surface area contributed by atoms with Crippen LogP contribution in [-0.4, -0.2) is 13.6 Å². The Hall–Kier alpha value is -0.565. The lowest BCUT2D eigenvalue weighted by Crippen LogP contribution is -1.91. The highest BCUT2D eigenvalue weighted by Gasteiger charge is 2.00. The van der Waals surface area contributed by atoms with Crippen molar-refractivity contribution in [1.82, 2.24) is 0 Å². The molecule has 0 aliphatic rings. The predicted octanol–water partition coefficient (Wildman–Crippen LogP) is 1.52. The van der Waals surface area contributed by atoms with Crippen LogP contribution < -0.4 is 0 Å². The van der Waals surface area contributed by atoms with Crippen LogP contribution in [0, 0.1) is 0 Å². The Kier molecular flexibility index (Phi) is 2.06. The summed E-state index contributed by atoms with van der Waals surface area (Å²) in [4.78, 5) is 11.5. The van der Waals surface area contributed by atoms with Crippen LogP contribution in [0.15, 0.2) is 17.5 Å². The molecule has 0 amide bonds. The Morgan fingerprint density at radius 2 is 2.56 bits per heavy atom. The molecule has 9 heavy (non-hydrogen) atoms. The summed E-state index contributed by atoms with van der Waals surface area (Å²) in [5.74, 6) is 0.0185. The quantitative estimate of drug-likeness (QED) is 0.444. The van der Waals surface area contributed by atoms with E-state index >= 15 is 0 Å². The van der Waals surface area contributed by atoms with Crippen molar-refractivity contribution in [2.45, 2.75) is 6.32 Å². The summed E-state index contributed by atoms with van der Waals surface area (Å²) in [5.41, 5.74) is 0. The van der Waals surface area contributed by atoms with Gasteiger partial charge in [0, 0.05) is 0 Å². The maximum atomic E-state index is 10.8. The number of Topliss-reactive ketones (excluding diaryl/α,β-unsaturated/α-hetero) is 1. The number of hydrogen-bond acceptors (Lipinski definition) is 2. The maximum Gasteiger partial charge on any atom is 0.164 e. The standard InChI is InChI=1S/C6H5BOS/c7-4-5(8)6-2-1-3-9-6/h1-3H,4H2. The third kappa shape index (κ3) is 1.42. The highest BCUT2D eigenvalue weighted by Crippen LogP contribution is 2.09. The lowest BCUT2D eigenvalue weighted by molar-refractivity contribution is 0.102. The van der Waals surface area contributed by atoms with Gasteiger partial charge in [-0.05, 0) is 17.8 Å². The number of ketones is 1. The van der Waals surface area contributed by atoms with Crippen molar-refractivity contribution < 1.29 is 4.79 Å². The molecule has 0 aromatic carbocycles. The summed E-state index contributed by atoms with van der Waals surface area (Å²) in [6.45, 7) is 0. The second-order valence-corrected chi connectivity index (χ2v) is 2.55. The molecule has 1 heterocycles. The van der Waals surface area contributed by atoms with Gasteiger partial charge in [0.05, 0.1) is 12.7 Å². The second-order valence-electron chi connectivity index (χ2n) is 1.60. The van der Waals surface area contributed by atoms with Crippen molar-refractivity contribution in [2.24, 2.45) is 0 Å². The molecule has 1 rings (SSSR count). The fourth-order valence-electron chi connectivity index (χ4n) is 0.538. The number of carbonyl (C=O) groups is 1. The SMILES string of the molecule is [B]CC(=O)c1cccs1. The van der Waals surface area contributed by atoms with Crippen LogP contribution in [0.3, 0.4) is 0 Å². The molecule has 0 aliphatic carbocycles. The molecular weight excluding hydrogens is 131 g/mol. The van der Waals surface area contributed by atoms with E-state index < -0.39 is 0 Å². The average Bonchev–Trinajstić information content (AvgIpc) is 2.37. The number of carbonyl (C=O) groups excluding carboxylic acids is 1. The van der Waals surface area contributed by atoms with Gasteiger partial charge in [0.25, 0.3) is 0 Å². The van der Waals surface area contributed by atoms with Gasteiger partial charge in [0.15, 0.2) is 5.78 Å². The number of thiophene rings is 1. The molecule has 0 saturated carbocycles. The van der Waals surface area contributed by atoms with Gasteiger partial charge in [-0.1, -0.05) is 6.07 Å². The van der Waals surface area contributed by atoms with Gasteiger partial charge in [-0.15, -0.1) is 11.3 Å². The molecule has 1 aromatic rings. The van der Waals surface area contributed by atoms with Crippen molar-refractivity contribution in [3.05, 3.63) is 22.4 Å². The summed E-state index contributed by atoms with van der Waals surface area (Å²) >= 11 is 1.43. The molecule has 1 nitrogen and oxygen atoms in total. The van der Waals surface area contributed by atoms with Gasteiger partial charge < -0.3 is 0 Å². The lowest BCUT2D eigenvalue weighted by Gasteiger charge is -1.86. The molecule has 0 saturated heterocycles. The normalized spacial score (nSPS) is 9.33. The smallest absolute Gasteiger partial charge is 0.164 e. The van der Waals surface area contributed by atoms with Gasteiger partial charge in [-0.25, -0.2) is 0 Å². The Labute approximate surface area is 59.1 Å². The van der Waals surface area contributed by atoms with Crippen molar-refractivity contribution in [3.63, 3.8) is 0 Å². The van der Waals surface area contributed by atoms with Crippen molar-refractivity contribution in [1.29, 1.82) is 0 Å². The van der Waals surface area contributed by atoms with Crippen LogP contribution in [0.1, 0.15) is 9.67 Å². The topological polar surface area (TPSA) is 17.1 Å². The van der Waals surface area contributed by atoms with E-state index in [0.29, 0.717) is 0 Å². The summed E-state index contributed by atoms with van der Waals surface area (Å²) in [6.07, 6.45) is 0.112. The minimum atomic E-state index is 0.0185. The van der Waals surface area contributed by atoms with Crippen LogP contribution in [0.4, 0.5) is 0 Å². The van der Waals surface area contributed by atoms with Gasteiger partial charge in [-0.2, -0.15) is 0 Å². The van der Waals surface area contributed by atoms with Gasteiger partial charge in [0.1, 0.15) is 0 Å². The van der Waals surface area contributed by atoms with Crippen LogP contribution in [0.25, 0.3) is 0 Å². The first-order valence-electron chi connectivity index (χ1n) is 2.61. The zero-order chi connectivity index (χ0) is 6.69. The first-order valence-corrected chi connectivity index (χ1v) is 3.49. The first kappa shape index (κ1) is 6.55. The van der Waals surface area contributed by atoms with Gasteiger partial charge in [0.2, 0.25) is 0 Å². The number of rotatable bonds is 2. The molecule has 0 N–H and O–H groups in total. The third-order valence-corrected chi connectivity index (χ3v) is 1.89. The van der Waals surface area contributed by atoms with Gasteiger partial charge >= 0.3 is 0 Å². The zero-order valence-electron chi connectivity index (χ0n) is 4.83. The Bertz CT molecular complexity index is 193. The largest absolute Gasteiger partial charge is 0.294 e. The molecule has 0 bridgehead atoms. The maximum absolute atomic E-state index is 10.8. The van der Waals surface area contributed by atoms with E-state index in [9.17, 15) is 4.79 Å². The van der Waals surface area contributed by atoms with Crippen LogP contribution in [0.5, 0.6) is 0 Å². The number of hydrogen-bond donors (Lipinski definition) is 0. The summed E-state index contributed by atoms with van der Waals surface area (Å²) in [7, 11) is 5.12. The van der Waals surface area contributed by atoms with E-state index in [2.05, 4.69) is 0 Å². The molecule has 0 aliphatic heterocycles. The Morgan fingerprint density at radius 1 is 1.78 bits per heavy atom. The molecule has 0 fully saturated rings. The fourth-order valence-corrected chi connectivity index (χ4v) is 1.21. The van der Waals surface area contributed by atoms with Crippen molar-refractivity contribution >= 4 is 25.0 Å². The Balaban J connectivity index is 2.77. The lowest BCUT2D eigenvalue weighted by atomic mass is 10.0. The van der Waals surface area contributed by atoms with E-state index in [4.69, 9.17) is 7.85 Å². The first-order chi connectivity index (χ1) is 4.34. The summed E-state index contributed by atoms with van der Waals surface area (Å²) < 4.78 is 0. The zero-order valence-corrected chi connectivity index (χ0v) is 5.65. The van der Waals surface area contributed by atoms with Crippen LogP contribution in [-0.2, 0) is 0 Å². The molecule has 0 spiro atoms. The van der Waals surface area contributed by atoms with Crippen molar-refractivity contribution in [3.8, 4) is 0 Å². The average molecular weight is 136 g/mol. The van der Waals surface area contributed by atoms with E-state index in [1.807, 2.05) is 11.4 Å². The third-order valence-electron chi connectivity index (χ3n) is 0.981. The van der Waals surface area contributed by atoms with E-state index in [1.54, 1.807) is 6.07 Å². The monoisotopic (exact) mass is 136 g/mol. The highest BCUT2D eigenvalue weighted by molar-refractivity contribution is 7.12. The van der Waals surface area contributed by atoms with E-state index in [0.717, 1.165) is 4.88 Å².